The number of aromatic amines is 1. The van der Waals surface area contributed by atoms with Gasteiger partial charge in [-0.2, -0.15) is 5.10 Å². The lowest BCUT2D eigenvalue weighted by Gasteiger charge is -2.08. The lowest BCUT2D eigenvalue weighted by atomic mass is 9.96. The first-order chi connectivity index (χ1) is 8.50. The van der Waals surface area contributed by atoms with Crippen LogP contribution >= 0.6 is 11.6 Å². The standard InChI is InChI=1S/C13H13ClN2O2/c1-7(13(17)18)11-8(2)15-16-12(11)9-3-5-10(14)6-4-9/h3-7H,1-2H3,(H,15,16)(H,17,18). The van der Waals surface area contributed by atoms with Crippen molar-refractivity contribution in [2.75, 3.05) is 0 Å². The molecule has 0 spiro atoms. The largest absolute Gasteiger partial charge is 0.481 e. The highest BCUT2D eigenvalue weighted by Gasteiger charge is 2.23. The molecule has 2 N–H and O–H groups in total. The summed E-state index contributed by atoms with van der Waals surface area (Å²) in [4.78, 5) is 11.1. The molecule has 0 aliphatic heterocycles. The zero-order valence-electron chi connectivity index (χ0n) is 10.1. The molecule has 0 aliphatic carbocycles. The summed E-state index contributed by atoms with van der Waals surface area (Å²) in [5.74, 6) is -1.47. The molecule has 18 heavy (non-hydrogen) atoms. The predicted molar refractivity (Wildman–Crippen MR) is 69.8 cm³/mol. The van der Waals surface area contributed by atoms with E-state index in [1.807, 2.05) is 19.1 Å². The van der Waals surface area contributed by atoms with Gasteiger partial charge in [0.15, 0.2) is 0 Å². The minimum Gasteiger partial charge on any atom is -0.481 e. The van der Waals surface area contributed by atoms with Gasteiger partial charge in [0.1, 0.15) is 0 Å². The number of hydrogen-bond donors (Lipinski definition) is 2. The number of aliphatic carboxylic acids is 1. The normalized spacial score (nSPS) is 12.4. The maximum Gasteiger partial charge on any atom is 0.310 e. The van der Waals surface area contributed by atoms with Crippen molar-refractivity contribution >= 4 is 17.6 Å². The van der Waals surface area contributed by atoms with Crippen LogP contribution < -0.4 is 0 Å². The summed E-state index contributed by atoms with van der Waals surface area (Å²) >= 11 is 5.83. The number of carbonyl (C=O) groups is 1. The van der Waals surface area contributed by atoms with Gasteiger partial charge in [0.05, 0.1) is 11.6 Å². The van der Waals surface area contributed by atoms with Crippen LogP contribution in [-0.4, -0.2) is 21.3 Å². The van der Waals surface area contributed by atoms with Crippen molar-refractivity contribution in [2.45, 2.75) is 19.8 Å². The van der Waals surface area contributed by atoms with Gasteiger partial charge in [-0.3, -0.25) is 9.89 Å². The Morgan fingerprint density at radius 1 is 1.39 bits per heavy atom. The summed E-state index contributed by atoms with van der Waals surface area (Å²) in [5.41, 5.74) is 3.01. The minimum atomic E-state index is -0.866. The van der Waals surface area contributed by atoms with E-state index in [2.05, 4.69) is 10.2 Å². The van der Waals surface area contributed by atoms with Gasteiger partial charge in [-0.25, -0.2) is 0 Å². The lowest BCUT2D eigenvalue weighted by molar-refractivity contribution is -0.138. The van der Waals surface area contributed by atoms with Crippen LogP contribution in [0.2, 0.25) is 5.02 Å². The van der Waals surface area contributed by atoms with E-state index in [1.165, 1.54) is 0 Å². The van der Waals surface area contributed by atoms with E-state index >= 15 is 0 Å². The van der Waals surface area contributed by atoms with Crippen LogP contribution in [0.25, 0.3) is 11.3 Å². The van der Waals surface area contributed by atoms with Crippen molar-refractivity contribution in [1.82, 2.24) is 10.2 Å². The molecule has 94 valence electrons. The van der Waals surface area contributed by atoms with E-state index in [0.29, 0.717) is 16.3 Å². The maximum absolute atomic E-state index is 11.1. The van der Waals surface area contributed by atoms with E-state index in [0.717, 1.165) is 11.3 Å². The zero-order chi connectivity index (χ0) is 13.3. The number of rotatable bonds is 3. The average Bonchev–Trinajstić information content (AvgIpc) is 2.71. The quantitative estimate of drug-likeness (QED) is 0.894. The van der Waals surface area contributed by atoms with Crippen LogP contribution in [0, 0.1) is 6.92 Å². The van der Waals surface area contributed by atoms with Crippen LogP contribution in [0.1, 0.15) is 24.1 Å². The number of nitrogens with one attached hydrogen (secondary N) is 1. The highest BCUT2D eigenvalue weighted by molar-refractivity contribution is 6.30. The first kappa shape index (κ1) is 12.6. The van der Waals surface area contributed by atoms with Gasteiger partial charge in [-0.05, 0) is 26.0 Å². The first-order valence-corrected chi connectivity index (χ1v) is 5.92. The van der Waals surface area contributed by atoms with Gasteiger partial charge in [0.2, 0.25) is 0 Å². The van der Waals surface area contributed by atoms with E-state index < -0.39 is 11.9 Å². The number of H-pyrrole nitrogens is 1. The minimum absolute atomic E-state index is 0.602. The van der Waals surface area contributed by atoms with Gasteiger partial charge in [-0.15, -0.1) is 0 Å². The highest BCUT2D eigenvalue weighted by atomic mass is 35.5. The Bertz CT molecular complexity index is 575. The number of carboxylic acid groups (broad SMARTS) is 1. The number of halogens is 1. The SMILES string of the molecule is Cc1[nH]nc(-c2ccc(Cl)cc2)c1C(C)C(=O)O. The molecule has 5 heteroatoms. The van der Waals surface area contributed by atoms with E-state index in [-0.39, 0.29) is 0 Å². The number of aromatic nitrogens is 2. The Balaban J connectivity index is 2.52. The zero-order valence-corrected chi connectivity index (χ0v) is 10.8. The van der Waals surface area contributed by atoms with Crippen molar-refractivity contribution in [3.8, 4) is 11.3 Å². The molecule has 1 heterocycles. The Morgan fingerprint density at radius 3 is 2.56 bits per heavy atom. The Kier molecular flexibility index (Phi) is 3.39. The van der Waals surface area contributed by atoms with Crippen molar-refractivity contribution in [3.63, 3.8) is 0 Å². The second-order valence-corrected chi connectivity index (χ2v) is 4.61. The van der Waals surface area contributed by atoms with Crippen LogP contribution in [0.15, 0.2) is 24.3 Å². The Labute approximate surface area is 110 Å². The molecule has 1 aromatic carbocycles. The summed E-state index contributed by atoms with van der Waals surface area (Å²) in [6.45, 7) is 3.47. The third-order valence-corrected chi connectivity index (χ3v) is 3.17. The van der Waals surface area contributed by atoms with Gasteiger partial charge < -0.3 is 5.11 Å². The van der Waals surface area contributed by atoms with Crippen LogP contribution in [0.4, 0.5) is 0 Å². The topological polar surface area (TPSA) is 66.0 Å². The molecule has 0 aliphatic rings. The van der Waals surface area contributed by atoms with Gasteiger partial charge in [-0.1, -0.05) is 23.7 Å². The number of hydrogen-bond acceptors (Lipinski definition) is 2. The monoisotopic (exact) mass is 264 g/mol. The van der Waals surface area contributed by atoms with E-state index in [1.54, 1.807) is 19.1 Å². The third kappa shape index (κ3) is 2.24. The van der Waals surface area contributed by atoms with E-state index in [9.17, 15) is 4.79 Å². The molecule has 1 atom stereocenters. The molecule has 0 saturated heterocycles. The second-order valence-electron chi connectivity index (χ2n) is 4.18. The lowest BCUT2D eigenvalue weighted by Crippen LogP contribution is -2.09. The summed E-state index contributed by atoms with van der Waals surface area (Å²) in [6.07, 6.45) is 0. The molecule has 0 saturated carbocycles. The fourth-order valence-corrected chi connectivity index (χ4v) is 2.04. The molecular formula is C13H13ClN2O2. The molecular weight excluding hydrogens is 252 g/mol. The van der Waals surface area contributed by atoms with Crippen LogP contribution in [0.3, 0.4) is 0 Å². The molecule has 0 fully saturated rings. The summed E-state index contributed by atoms with van der Waals surface area (Å²) in [5, 5.41) is 16.8. The molecule has 0 bridgehead atoms. The molecule has 2 aromatic rings. The van der Waals surface area contributed by atoms with Gasteiger partial charge in [0, 0.05) is 21.8 Å². The number of benzene rings is 1. The number of carboxylic acids is 1. The van der Waals surface area contributed by atoms with Crippen molar-refractivity contribution in [1.29, 1.82) is 0 Å². The van der Waals surface area contributed by atoms with Crippen LogP contribution in [-0.2, 0) is 4.79 Å². The maximum atomic E-state index is 11.1. The molecule has 0 radical (unpaired) electrons. The van der Waals surface area contributed by atoms with Crippen LogP contribution in [0.5, 0.6) is 0 Å². The first-order valence-electron chi connectivity index (χ1n) is 5.54. The smallest absolute Gasteiger partial charge is 0.310 e. The molecule has 1 aromatic heterocycles. The molecule has 4 nitrogen and oxygen atoms in total. The fraction of sp³-hybridized carbons (Fsp3) is 0.231. The summed E-state index contributed by atoms with van der Waals surface area (Å²) in [7, 11) is 0. The Hall–Kier alpha value is -1.81. The second kappa shape index (κ2) is 4.82. The molecule has 0 amide bonds. The summed E-state index contributed by atoms with van der Waals surface area (Å²) < 4.78 is 0. The number of nitrogens with zero attached hydrogens (tertiary/aromatic N) is 1. The van der Waals surface area contributed by atoms with Gasteiger partial charge >= 0.3 is 5.97 Å². The molecule has 2 rings (SSSR count). The van der Waals surface area contributed by atoms with E-state index in [4.69, 9.17) is 16.7 Å². The molecule has 1 unspecified atom stereocenters. The summed E-state index contributed by atoms with van der Waals surface area (Å²) in [6, 6.07) is 7.18. The average molecular weight is 265 g/mol. The van der Waals surface area contributed by atoms with Gasteiger partial charge in [0.25, 0.3) is 0 Å². The fourth-order valence-electron chi connectivity index (χ4n) is 1.92. The third-order valence-electron chi connectivity index (χ3n) is 2.92. The van der Waals surface area contributed by atoms with Crippen molar-refractivity contribution < 1.29 is 9.90 Å². The predicted octanol–water partition coefficient (Wildman–Crippen LogP) is 3.23. The Morgan fingerprint density at radius 2 is 2.00 bits per heavy atom. The highest BCUT2D eigenvalue weighted by Crippen LogP contribution is 2.30. The van der Waals surface area contributed by atoms with Crippen molar-refractivity contribution in [2.24, 2.45) is 0 Å². The van der Waals surface area contributed by atoms with Crippen molar-refractivity contribution in [3.05, 3.63) is 40.5 Å². The number of aryl methyl sites for hydroxylation is 1.